The van der Waals surface area contributed by atoms with E-state index in [0.717, 1.165) is 18.7 Å². The van der Waals surface area contributed by atoms with Gasteiger partial charge in [0.2, 0.25) is 12.8 Å². The molecule has 20 heavy (non-hydrogen) atoms. The number of pyridine rings is 1. The Labute approximate surface area is 117 Å². The summed E-state index contributed by atoms with van der Waals surface area (Å²) in [6, 6.07) is 3.94. The van der Waals surface area contributed by atoms with Crippen molar-refractivity contribution >= 4 is 12.8 Å². The number of aromatic nitrogens is 1. The molecule has 0 spiro atoms. The highest BCUT2D eigenvalue weighted by Gasteiger charge is 2.11. The predicted octanol–water partition coefficient (Wildman–Crippen LogP) is 0.157. The molecular formula is C14H16N4O2. The quantitative estimate of drug-likeness (QED) is 0.693. The molecule has 0 unspecified atom stereocenters. The third-order valence-electron chi connectivity index (χ3n) is 2.93. The highest BCUT2D eigenvalue weighted by atomic mass is 16.1. The topological polar surface area (TPSA) is 74.3 Å². The van der Waals surface area contributed by atoms with Crippen molar-refractivity contribution in [2.75, 3.05) is 13.1 Å². The van der Waals surface area contributed by atoms with Crippen LogP contribution in [0.15, 0.2) is 48.2 Å². The lowest BCUT2D eigenvalue weighted by Gasteiger charge is -2.26. The fourth-order valence-electron chi connectivity index (χ4n) is 2.01. The molecule has 1 aromatic rings. The maximum absolute atomic E-state index is 10.5. The van der Waals surface area contributed by atoms with Crippen molar-refractivity contribution in [3.8, 4) is 0 Å². The van der Waals surface area contributed by atoms with Crippen molar-refractivity contribution in [1.82, 2.24) is 20.5 Å². The van der Waals surface area contributed by atoms with Gasteiger partial charge in [-0.2, -0.15) is 0 Å². The van der Waals surface area contributed by atoms with Gasteiger partial charge in [0.15, 0.2) is 0 Å². The van der Waals surface area contributed by atoms with Crippen molar-refractivity contribution in [2.24, 2.45) is 0 Å². The number of allylic oxidation sites excluding steroid dienone is 1. The van der Waals surface area contributed by atoms with E-state index in [1.54, 1.807) is 18.5 Å². The second kappa shape index (κ2) is 7.08. The number of rotatable bonds is 7. The molecule has 1 aliphatic rings. The second-order valence-electron chi connectivity index (χ2n) is 4.35. The summed E-state index contributed by atoms with van der Waals surface area (Å²) in [7, 11) is 0. The molecule has 1 aromatic heterocycles. The van der Waals surface area contributed by atoms with E-state index in [9.17, 15) is 9.59 Å². The van der Waals surface area contributed by atoms with Crippen LogP contribution in [0.4, 0.5) is 0 Å². The minimum absolute atomic E-state index is 0.605. The summed E-state index contributed by atoms with van der Waals surface area (Å²) in [6.07, 6.45) is 9.25. The average Bonchev–Trinajstić information content (AvgIpc) is 2.47. The second-order valence-corrected chi connectivity index (χ2v) is 4.35. The van der Waals surface area contributed by atoms with Crippen LogP contribution in [0.25, 0.3) is 0 Å². The van der Waals surface area contributed by atoms with Crippen LogP contribution >= 0.6 is 0 Å². The van der Waals surface area contributed by atoms with Gasteiger partial charge in [-0.05, 0) is 30.2 Å². The van der Waals surface area contributed by atoms with Crippen LogP contribution in [0.3, 0.4) is 0 Å². The Morgan fingerprint density at radius 1 is 1.20 bits per heavy atom. The van der Waals surface area contributed by atoms with Gasteiger partial charge in [-0.25, -0.2) is 0 Å². The molecule has 1 aliphatic heterocycles. The van der Waals surface area contributed by atoms with E-state index in [4.69, 9.17) is 0 Å². The normalized spacial score (nSPS) is 14.1. The van der Waals surface area contributed by atoms with Gasteiger partial charge in [0.1, 0.15) is 0 Å². The Hall–Kier alpha value is -2.63. The van der Waals surface area contributed by atoms with Crippen LogP contribution in [-0.4, -0.2) is 35.8 Å². The Balaban J connectivity index is 1.98. The highest BCUT2D eigenvalue weighted by molar-refractivity contribution is 5.55. The van der Waals surface area contributed by atoms with E-state index in [0.29, 0.717) is 25.1 Å². The van der Waals surface area contributed by atoms with Crippen LogP contribution in [0, 0.1) is 0 Å². The average molecular weight is 272 g/mol. The highest BCUT2D eigenvalue weighted by Crippen LogP contribution is 2.10. The van der Waals surface area contributed by atoms with E-state index in [-0.39, 0.29) is 0 Å². The van der Waals surface area contributed by atoms with Crippen LogP contribution in [0.5, 0.6) is 0 Å². The largest absolute Gasteiger partial charge is 0.370 e. The summed E-state index contributed by atoms with van der Waals surface area (Å²) in [4.78, 5) is 27.1. The van der Waals surface area contributed by atoms with Gasteiger partial charge in [0, 0.05) is 30.8 Å². The molecule has 0 radical (unpaired) electrons. The standard InChI is InChI=1S/C14H16N4O2/c19-10-16-13-7-14(17-11-20)9-18(8-13)6-3-12-1-4-15-5-2-12/h1-2,4-5,7-8,10-11H,3,6,9H2,(H,16,19)(H,17,20). The number of nitrogens with zero attached hydrogens (tertiary/aromatic N) is 2. The molecule has 0 saturated heterocycles. The lowest BCUT2D eigenvalue weighted by molar-refractivity contribution is -0.109. The maximum atomic E-state index is 10.5. The molecule has 6 heteroatoms. The molecule has 0 aromatic carbocycles. The summed E-state index contributed by atoms with van der Waals surface area (Å²) in [6.45, 7) is 1.39. The fraction of sp³-hybridized carbons (Fsp3) is 0.214. The molecule has 0 atom stereocenters. The summed E-state index contributed by atoms with van der Waals surface area (Å²) in [5.74, 6) is 0. The summed E-state index contributed by atoms with van der Waals surface area (Å²) in [5.41, 5.74) is 2.60. The van der Waals surface area contributed by atoms with Crippen molar-refractivity contribution in [3.63, 3.8) is 0 Å². The summed E-state index contributed by atoms with van der Waals surface area (Å²) < 4.78 is 0. The molecule has 2 heterocycles. The minimum Gasteiger partial charge on any atom is -0.370 e. The van der Waals surface area contributed by atoms with Gasteiger partial charge in [-0.1, -0.05) is 0 Å². The Morgan fingerprint density at radius 2 is 1.95 bits per heavy atom. The number of hydrogen-bond acceptors (Lipinski definition) is 4. The number of hydrogen-bond donors (Lipinski definition) is 2. The van der Waals surface area contributed by atoms with E-state index < -0.39 is 0 Å². The van der Waals surface area contributed by atoms with Gasteiger partial charge in [0.25, 0.3) is 0 Å². The Morgan fingerprint density at radius 3 is 2.65 bits per heavy atom. The third-order valence-corrected chi connectivity index (χ3v) is 2.93. The molecular weight excluding hydrogens is 256 g/mol. The maximum Gasteiger partial charge on any atom is 0.211 e. The van der Waals surface area contributed by atoms with Crippen molar-refractivity contribution in [2.45, 2.75) is 6.42 Å². The number of carbonyl (C=O) groups excluding carboxylic acids is 2. The van der Waals surface area contributed by atoms with Gasteiger partial charge in [0.05, 0.1) is 12.2 Å². The summed E-state index contributed by atoms with van der Waals surface area (Å²) >= 11 is 0. The molecule has 0 saturated carbocycles. The van der Waals surface area contributed by atoms with Crippen molar-refractivity contribution in [1.29, 1.82) is 0 Å². The van der Waals surface area contributed by atoms with Crippen molar-refractivity contribution < 1.29 is 9.59 Å². The zero-order valence-corrected chi connectivity index (χ0v) is 11.0. The van der Waals surface area contributed by atoms with Crippen LogP contribution < -0.4 is 10.6 Å². The number of carbonyl (C=O) groups is 2. The first-order valence-corrected chi connectivity index (χ1v) is 6.27. The molecule has 2 rings (SSSR count). The first-order valence-electron chi connectivity index (χ1n) is 6.27. The fourth-order valence-corrected chi connectivity index (χ4v) is 2.01. The van der Waals surface area contributed by atoms with E-state index in [1.165, 1.54) is 5.56 Å². The smallest absolute Gasteiger partial charge is 0.211 e. The molecule has 104 valence electrons. The van der Waals surface area contributed by atoms with Crippen molar-refractivity contribution in [3.05, 3.63) is 53.8 Å². The zero-order valence-electron chi connectivity index (χ0n) is 11.0. The number of amides is 2. The monoisotopic (exact) mass is 272 g/mol. The SMILES string of the molecule is O=CNC1=CN(CCc2ccncc2)CC(NC=O)=C1. The van der Waals surface area contributed by atoms with Crippen LogP contribution in [0.1, 0.15) is 5.56 Å². The lowest BCUT2D eigenvalue weighted by Crippen LogP contribution is -2.32. The van der Waals surface area contributed by atoms with Gasteiger partial charge < -0.3 is 15.5 Å². The molecule has 0 fully saturated rings. The molecule has 2 amide bonds. The third kappa shape index (κ3) is 3.94. The zero-order chi connectivity index (χ0) is 14.2. The Kier molecular flexibility index (Phi) is 4.88. The van der Waals surface area contributed by atoms with E-state index in [2.05, 4.69) is 15.6 Å². The van der Waals surface area contributed by atoms with Crippen LogP contribution in [-0.2, 0) is 16.0 Å². The number of nitrogens with one attached hydrogen (secondary N) is 2. The lowest BCUT2D eigenvalue weighted by atomic mass is 10.1. The van der Waals surface area contributed by atoms with E-state index >= 15 is 0 Å². The first kappa shape index (κ1) is 13.8. The molecule has 2 N–H and O–H groups in total. The van der Waals surface area contributed by atoms with Gasteiger partial charge in [-0.15, -0.1) is 0 Å². The van der Waals surface area contributed by atoms with Crippen LogP contribution in [0.2, 0.25) is 0 Å². The molecule has 0 aliphatic carbocycles. The predicted molar refractivity (Wildman–Crippen MR) is 74.1 cm³/mol. The first-order chi connectivity index (χ1) is 9.81. The summed E-state index contributed by atoms with van der Waals surface area (Å²) in [5, 5.41) is 5.23. The molecule has 6 nitrogen and oxygen atoms in total. The Bertz CT molecular complexity index is 525. The van der Waals surface area contributed by atoms with Gasteiger partial charge in [-0.3, -0.25) is 14.6 Å². The van der Waals surface area contributed by atoms with E-state index in [1.807, 2.05) is 23.2 Å². The molecule has 0 bridgehead atoms. The minimum atomic E-state index is 0.605. The van der Waals surface area contributed by atoms with Gasteiger partial charge >= 0.3 is 0 Å².